The van der Waals surface area contributed by atoms with Gasteiger partial charge in [-0.05, 0) is 25.3 Å². The summed E-state index contributed by atoms with van der Waals surface area (Å²) in [5.41, 5.74) is 1.14. The second-order valence-corrected chi connectivity index (χ2v) is 8.32. The van der Waals surface area contributed by atoms with Crippen molar-refractivity contribution < 1.29 is 14.5 Å². The minimum atomic E-state index is -0.499. The highest BCUT2D eigenvalue weighted by Gasteiger charge is 2.33. The van der Waals surface area contributed by atoms with Crippen molar-refractivity contribution in [1.29, 1.82) is 0 Å². The first-order chi connectivity index (χ1) is 13.5. The number of hydrogen-bond donors (Lipinski definition) is 1. The second kappa shape index (κ2) is 10.0. The zero-order chi connectivity index (χ0) is 19.9. The lowest BCUT2D eigenvalue weighted by Crippen LogP contribution is -2.52. The number of nitrogens with one attached hydrogen (secondary N) is 1. The molecule has 1 saturated carbocycles. The normalized spacial score (nSPS) is 25.0. The molecular formula is C20H27N3O4S. The van der Waals surface area contributed by atoms with Crippen LogP contribution in [0.3, 0.4) is 0 Å². The number of amides is 1. The van der Waals surface area contributed by atoms with Gasteiger partial charge in [0.1, 0.15) is 5.03 Å². The van der Waals surface area contributed by atoms with Crippen LogP contribution in [0.5, 0.6) is 0 Å². The van der Waals surface area contributed by atoms with Crippen molar-refractivity contribution in [1.82, 2.24) is 10.2 Å². The molecular weight excluding hydrogens is 378 g/mol. The first-order valence-corrected chi connectivity index (χ1v) is 10.7. The van der Waals surface area contributed by atoms with Crippen LogP contribution in [-0.2, 0) is 16.1 Å². The zero-order valence-electron chi connectivity index (χ0n) is 16.1. The minimum Gasteiger partial charge on any atom is -0.372 e. The van der Waals surface area contributed by atoms with E-state index in [1.54, 1.807) is 0 Å². The molecule has 2 aliphatic rings. The third-order valence-corrected chi connectivity index (χ3v) is 6.16. The van der Waals surface area contributed by atoms with E-state index < -0.39 is 11.0 Å². The highest BCUT2D eigenvalue weighted by Crippen LogP contribution is 2.29. The van der Waals surface area contributed by atoms with Gasteiger partial charge in [-0.1, -0.05) is 43.2 Å². The smallest absolute Gasteiger partial charge is 0.264 e. The van der Waals surface area contributed by atoms with Gasteiger partial charge in [0.15, 0.2) is 0 Å². The summed E-state index contributed by atoms with van der Waals surface area (Å²) in [6, 6.07) is 9.77. The van der Waals surface area contributed by atoms with Crippen LogP contribution < -0.4 is 5.32 Å². The molecule has 1 aliphatic carbocycles. The number of ether oxygens (including phenoxy) is 1. The van der Waals surface area contributed by atoms with Crippen LogP contribution in [0.25, 0.3) is 0 Å². The third kappa shape index (κ3) is 5.56. The summed E-state index contributed by atoms with van der Waals surface area (Å²) < 4.78 is 6.17. The van der Waals surface area contributed by atoms with Crippen molar-refractivity contribution in [3.05, 3.63) is 57.2 Å². The summed E-state index contributed by atoms with van der Waals surface area (Å²) >= 11 is 1.35. The number of nitro groups is 1. The molecule has 1 unspecified atom stereocenters. The molecule has 0 aromatic heterocycles. The maximum atomic E-state index is 12.8. The van der Waals surface area contributed by atoms with Crippen LogP contribution in [0.1, 0.15) is 38.2 Å². The molecule has 1 aromatic carbocycles. The van der Waals surface area contributed by atoms with E-state index >= 15 is 0 Å². The summed E-state index contributed by atoms with van der Waals surface area (Å²) in [5, 5.41) is 14.6. The molecule has 7 nitrogen and oxygen atoms in total. The van der Waals surface area contributed by atoms with Crippen molar-refractivity contribution in [3.8, 4) is 0 Å². The highest BCUT2D eigenvalue weighted by molar-refractivity contribution is 8.03. The number of carbonyl (C=O) groups is 1. The highest BCUT2D eigenvalue weighted by atomic mass is 32.2. The topological polar surface area (TPSA) is 84.7 Å². The van der Waals surface area contributed by atoms with E-state index in [1.807, 2.05) is 37.3 Å². The summed E-state index contributed by atoms with van der Waals surface area (Å²) in [5.74, 6) is 0.565. The van der Waals surface area contributed by atoms with Crippen molar-refractivity contribution in [2.24, 2.45) is 0 Å². The summed E-state index contributed by atoms with van der Waals surface area (Å²) in [7, 11) is 0. The molecule has 1 saturated heterocycles. The maximum absolute atomic E-state index is 12.8. The van der Waals surface area contributed by atoms with Gasteiger partial charge < -0.3 is 10.1 Å². The Kier molecular flexibility index (Phi) is 7.47. The minimum absolute atomic E-state index is 0.0611. The Morgan fingerprint density at radius 2 is 2.14 bits per heavy atom. The molecule has 0 radical (unpaired) electrons. The van der Waals surface area contributed by atoms with Crippen LogP contribution in [0.15, 0.2) is 41.6 Å². The first kappa shape index (κ1) is 20.8. The largest absolute Gasteiger partial charge is 0.372 e. The predicted molar refractivity (Wildman–Crippen MR) is 109 cm³/mol. The Balaban J connectivity index is 1.58. The van der Waals surface area contributed by atoms with E-state index in [2.05, 4.69) is 5.32 Å². The average molecular weight is 406 g/mol. The molecule has 1 amide bonds. The Morgan fingerprint density at radius 1 is 1.39 bits per heavy atom. The third-order valence-electron chi connectivity index (χ3n) is 5.16. The van der Waals surface area contributed by atoms with Crippen LogP contribution in [0, 0.1) is 10.1 Å². The number of rotatable bonds is 7. The van der Waals surface area contributed by atoms with E-state index in [9.17, 15) is 14.9 Å². The summed E-state index contributed by atoms with van der Waals surface area (Å²) in [4.78, 5) is 24.7. The van der Waals surface area contributed by atoms with Gasteiger partial charge in [-0.15, -0.1) is 11.8 Å². The van der Waals surface area contributed by atoms with Gasteiger partial charge in [-0.25, -0.2) is 0 Å². The van der Waals surface area contributed by atoms with Crippen molar-refractivity contribution in [3.63, 3.8) is 0 Å². The quantitative estimate of drug-likeness (QED) is 0.554. The van der Waals surface area contributed by atoms with E-state index in [1.165, 1.54) is 16.7 Å². The van der Waals surface area contributed by atoms with Gasteiger partial charge in [-0.2, -0.15) is 0 Å². The molecule has 1 aromatic rings. The van der Waals surface area contributed by atoms with Gasteiger partial charge >= 0.3 is 0 Å². The lowest BCUT2D eigenvalue weighted by Gasteiger charge is -2.34. The molecule has 1 aliphatic heterocycles. The molecule has 2 fully saturated rings. The van der Waals surface area contributed by atoms with Gasteiger partial charge in [-0.3, -0.25) is 19.8 Å². The van der Waals surface area contributed by atoms with Crippen LogP contribution in [0.2, 0.25) is 0 Å². The fourth-order valence-electron chi connectivity index (χ4n) is 3.74. The average Bonchev–Trinajstić information content (AvgIpc) is 3.14. The van der Waals surface area contributed by atoms with Crippen molar-refractivity contribution in [2.75, 3.05) is 12.3 Å². The standard InChI is InChI=1S/C20H27N3O4S/c1-15(20(24)22-11-12-28-19(22)13-23(25)26)21-17-9-5-6-10-18(17)27-14-16-7-3-2-4-8-16/h2-4,7-8,13,15,17-18,21H,5-6,9-12,14H2,1H3/b19-13-/t15?,17-,18-/m0/s1. The predicted octanol–water partition coefficient (Wildman–Crippen LogP) is 3.14. The zero-order valence-corrected chi connectivity index (χ0v) is 16.9. The number of hydrogen-bond acceptors (Lipinski definition) is 6. The Morgan fingerprint density at radius 3 is 2.89 bits per heavy atom. The van der Waals surface area contributed by atoms with Crippen LogP contribution in [-0.4, -0.2) is 46.2 Å². The lowest BCUT2D eigenvalue weighted by atomic mass is 9.91. The Hall–Kier alpha value is -1.90. The van der Waals surface area contributed by atoms with E-state index in [-0.39, 0.29) is 18.1 Å². The molecule has 3 atom stereocenters. The molecule has 1 N–H and O–H groups in total. The first-order valence-electron chi connectivity index (χ1n) is 9.75. The molecule has 28 heavy (non-hydrogen) atoms. The fraction of sp³-hybridized carbons (Fsp3) is 0.550. The Labute approximate surface area is 169 Å². The summed E-state index contributed by atoms with van der Waals surface area (Å²) in [6.45, 7) is 2.90. The molecule has 8 heteroatoms. The van der Waals surface area contributed by atoms with E-state index in [4.69, 9.17) is 4.74 Å². The lowest BCUT2D eigenvalue weighted by molar-refractivity contribution is -0.403. The SMILES string of the molecule is CC(N[C@H]1CCCC[C@@H]1OCc1ccccc1)C(=O)N1CCS/C1=C\[N+](=O)[O-]. The van der Waals surface area contributed by atoms with E-state index in [0.29, 0.717) is 23.9 Å². The fourth-order valence-corrected chi connectivity index (χ4v) is 4.72. The Bertz CT molecular complexity index is 713. The van der Waals surface area contributed by atoms with Gasteiger partial charge in [0.25, 0.3) is 6.20 Å². The van der Waals surface area contributed by atoms with Crippen molar-refractivity contribution >= 4 is 17.7 Å². The van der Waals surface area contributed by atoms with Gasteiger partial charge in [0.2, 0.25) is 5.91 Å². The molecule has 1 heterocycles. The number of carbonyl (C=O) groups excluding carboxylic acids is 1. The number of thioether (sulfide) groups is 1. The molecule has 0 spiro atoms. The number of benzene rings is 1. The van der Waals surface area contributed by atoms with Crippen LogP contribution >= 0.6 is 11.8 Å². The van der Waals surface area contributed by atoms with Crippen molar-refractivity contribution in [2.45, 2.75) is 57.4 Å². The van der Waals surface area contributed by atoms with Gasteiger partial charge in [0.05, 0.1) is 23.7 Å². The maximum Gasteiger partial charge on any atom is 0.264 e. The second-order valence-electron chi connectivity index (χ2n) is 7.21. The number of nitrogens with zero attached hydrogens (tertiary/aromatic N) is 2. The summed E-state index contributed by atoms with van der Waals surface area (Å²) in [6.07, 6.45) is 5.15. The molecule has 0 bridgehead atoms. The van der Waals surface area contributed by atoms with Gasteiger partial charge in [0, 0.05) is 18.3 Å². The van der Waals surface area contributed by atoms with Crippen LogP contribution in [0.4, 0.5) is 0 Å². The van der Waals surface area contributed by atoms with E-state index in [0.717, 1.165) is 37.4 Å². The monoisotopic (exact) mass is 405 g/mol. The molecule has 3 rings (SSSR count). The molecule has 152 valence electrons.